The van der Waals surface area contributed by atoms with Crippen LogP contribution in [0.1, 0.15) is 31.7 Å². The van der Waals surface area contributed by atoms with Crippen LogP contribution in [-0.2, 0) is 4.79 Å². The van der Waals surface area contributed by atoms with Crippen LogP contribution in [0.3, 0.4) is 0 Å². The second kappa shape index (κ2) is 9.41. The number of fused-ring (bicyclic) bond motifs is 1. The van der Waals surface area contributed by atoms with Gasteiger partial charge in [-0.25, -0.2) is 9.67 Å². The Bertz CT molecular complexity index is 1380. The third-order valence-corrected chi connectivity index (χ3v) is 7.04. The molecule has 0 spiro atoms. The predicted octanol–water partition coefficient (Wildman–Crippen LogP) is 5.08. The van der Waals surface area contributed by atoms with Crippen molar-refractivity contribution in [3.05, 3.63) is 76.2 Å². The maximum Gasteiger partial charge on any atom is 0.266 e. The quantitative estimate of drug-likeness (QED) is 0.308. The summed E-state index contributed by atoms with van der Waals surface area (Å²) in [5, 5.41) is 8.70. The fourth-order valence-electron chi connectivity index (χ4n) is 4.22. The van der Waals surface area contributed by atoms with Crippen molar-refractivity contribution in [2.24, 2.45) is 0 Å². The van der Waals surface area contributed by atoms with E-state index >= 15 is 0 Å². The molecule has 1 fully saturated rings. The van der Waals surface area contributed by atoms with E-state index in [1.165, 1.54) is 29.2 Å². The van der Waals surface area contributed by atoms with Crippen molar-refractivity contribution in [2.45, 2.75) is 36.9 Å². The lowest BCUT2D eigenvalue weighted by atomic mass is 10.2. The van der Waals surface area contributed by atoms with Crippen molar-refractivity contribution >= 4 is 46.0 Å². The number of hydrogen-bond donors (Lipinski definition) is 1. The summed E-state index contributed by atoms with van der Waals surface area (Å²) in [4.78, 5) is 30.8. The normalized spacial score (nSPS) is 14.1. The number of amides is 1. The minimum atomic E-state index is -0.226. The Balaban J connectivity index is 1.43. The smallest absolute Gasteiger partial charge is 0.266 e. The zero-order valence-electron chi connectivity index (χ0n) is 17.8. The van der Waals surface area contributed by atoms with Gasteiger partial charge in [0, 0.05) is 6.07 Å². The molecule has 1 saturated carbocycles. The molecule has 1 amide bonds. The highest BCUT2D eigenvalue weighted by molar-refractivity contribution is 7.99. The molecule has 2 aromatic heterocycles. The van der Waals surface area contributed by atoms with Crippen molar-refractivity contribution in [2.75, 3.05) is 11.1 Å². The van der Waals surface area contributed by atoms with E-state index in [4.69, 9.17) is 11.6 Å². The molecule has 5 rings (SSSR count). The van der Waals surface area contributed by atoms with E-state index in [1.807, 2.05) is 22.9 Å². The van der Waals surface area contributed by atoms with Crippen LogP contribution in [0.4, 0.5) is 5.82 Å². The maximum absolute atomic E-state index is 13.3. The van der Waals surface area contributed by atoms with Gasteiger partial charge >= 0.3 is 0 Å². The molecule has 0 radical (unpaired) electrons. The number of halogens is 1. The van der Waals surface area contributed by atoms with E-state index < -0.39 is 0 Å². The highest BCUT2D eigenvalue weighted by Crippen LogP contribution is 2.31. The van der Waals surface area contributed by atoms with E-state index in [-0.39, 0.29) is 17.2 Å². The summed E-state index contributed by atoms with van der Waals surface area (Å²) in [7, 11) is 0. The molecule has 4 aromatic rings. The number of anilines is 1. The molecule has 168 valence electrons. The van der Waals surface area contributed by atoms with Gasteiger partial charge in [-0.05, 0) is 37.1 Å². The number of benzene rings is 2. The van der Waals surface area contributed by atoms with Gasteiger partial charge in [0.15, 0.2) is 5.16 Å². The van der Waals surface area contributed by atoms with Crippen LogP contribution in [0.15, 0.2) is 70.7 Å². The van der Waals surface area contributed by atoms with Crippen LogP contribution in [0, 0.1) is 0 Å². The maximum atomic E-state index is 13.3. The number of nitrogens with one attached hydrogen (secondary N) is 1. The fourth-order valence-corrected chi connectivity index (χ4v) is 5.24. The molecule has 1 N–H and O–H groups in total. The van der Waals surface area contributed by atoms with E-state index in [9.17, 15) is 9.59 Å². The van der Waals surface area contributed by atoms with E-state index in [0.717, 1.165) is 12.8 Å². The van der Waals surface area contributed by atoms with Crippen molar-refractivity contribution in [1.29, 1.82) is 0 Å². The Hall–Kier alpha value is -3.10. The molecule has 7 nitrogen and oxygen atoms in total. The summed E-state index contributed by atoms with van der Waals surface area (Å²) in [6.45, 7) is 0. The second-order valence-corrected chi connectivity index (χ2v) is 9.29. The molecule has 0 atom stereocenters. The standard InChI is InChI=1S/C24H22ClN5O2S/c25-18-10-4-6-12-20(18)29-23(32)17-9-3-5-11-19(17)27-24(29)33-15-22(31)28-21-13-14-26-30(21)16-7-1-2-8-16/h3-6,9-14,16H,1-2,7-8,15H2,(H,28,31). The molecular weight excluding hydrogens is 458 g/mol. The fraction of sp³-hybridized carbons (Fsp3) is 0.250. The molecular formula is C24H22ClN5O2S. The Labute approximate surface area is 199 Å². The van der Waals surface area contributed by atoms with Crippen LogP contribution in [-0.4, -0.2) is 31.0 Å². The average Bonchev–Trinajstić information content (AvgIpc) is 3.51. The van der Waals surface area contributed by atoms with Crippen LogP contribution < -0.4 is 10.9 Å². The number of nitrogens with zero attached hydrogens (tertiary/aromatic N) is 4. The topological polar surface area (TPSA) is 81.8 Å². The highest BCUT2D eigenvalue weighted by Gasteiger charge is 2.21. The Morgan fingerprint density at radius 3 is 2.67 bits per heavy atom. The Morgan fingerprint density at radius 1 is 1.09 bits per heavy atom. The number of carbonyl (C=O) groups is 1. The first-order chi connectivity index (χ1) is 16.1. The molecule has 2 aromatic carbocycles. The van der Waals surface area contributed by atoms with Gasteiger partial charge in [0.2, 0.25) is 5.91 Å². The summed E-state index contributed by atoms with van der Waals surface area (Å²) in [5.41, 5.74) is 0.883. The average molecular weight is 480 g/mol. The largest absolute Gasteiger partial charge is 0.310 e. The van der Waals surface area contributed by atoms with Crippen molar-refractivity contribution in [3.8, 4) is 5.69 Å². The first-order valence-electron chi connectivity index (χ1n) is 10.8. The number of para-hydroxylation sites is 2. The second-order valence-electron chi connectivity index (χ2n) is 7.94. The first kappa shape index (κ1) is 21.7. The third kappa shape index (κ3) is 4.41. The first-order valence-corrected chi connectivity index (χ1v) is 12.2. The number of thioether (sulfide) groups is 1. The molecule has 2 heterocycles. The SMILES string of the molecule is O=C(CSc1nc2ccccc2c(=O)n1-c1ccccc1Cl)Nc1ccnn1C1CCCC1. The summed E-state index contributed by atoms with van der Waals surface area (Å²) < 4.78 is 3.38. The lowest BCUT2D eigenvalue weighted by Crippen LogP contribution is -2.23. The molecule has 1 aliphatic carbocycles. The molecule has 1 aliphatic rings. The number of aromatic nitrogens is 4. The van der Waals surface area contributed by atoms with E-state index in [0.29, 0.717) is 38.6 Å². The molecule has 9 heteroatoms. The Morgan fingerprint density at radius 2 is 1.85 bits per heavy atom. The Kier molecular flexibility index (Phi) is 6.20. The van der Waals surface area contributed by atoms with Crippen molar-refractivity contribution in [1.82, 2.24) is 19.3 Å². The van der Waals surface area contributed by atoms with Crippen LogP contribution in [0.2, 0.25) is 5.02 Å². The molecule has 0 unspecified atom stereocenters. The monoisotopic (exact) mass is 479 g/mol. The lowest BCUT2D eigenvalue weighted by molar-refractivity contribution is -0.113. The van der Waals surface area contributed by atoms with Crippen LogP contribution >= 0.6 is 23.4 Å². The highest BCUT2D eigenvalue weighted by atomic mass is 35.5. The van der Waals surface area contributed by atoms with Gasteiger partial charge in [0.05, 0.1) is 39.6 Å². The summed E-state index contributed by atoms with van der Waals surface area (Å²) in [6, 6.07) is 16.4. The lowest BCUT2D eigenvalue weighted by Gasteiger charge is -2.16. The summed E-state index contributed by atoms with van der Waals surface area (Å²) in [6.07, 6.45) is 6.22. The molecule has 0 saturated heterocycles. The third-order valence-electron chi connectivity index (χ3n) is 5.78. The molecule has 0 aliphatic heterocycles. The van der Waals surface area contributed by atoms with E-state index in [2.05, 4.69) is 15.4 Å². The molecule has 33 heavy (non-hydrogen) atoms. The number of carbonyl (C=O) groups excluding carboxylic acids is 1. The van der Waals surface area contributed by atoms with Gasteiger partial charge in [-0.3, -0.25) is 14.2 Å². The minimum absolute atomic E-state index is 0.0884. The van der Waals surface area contributed by atoms with Crippen molar-refractivity contribution in [3.63, 3.8) is 0 Å². The zero-order valence-corrected chi connectivity index (χ0v) is 19.4. The predicted molar refractivity (Wildman–Crippen MR) is 131 cm³/mol. The molecule has 0 bridgehead atoms. The van der Waals surface area contributed by atoms with Crippen molar-refractivity contribution < 1.29 is 4.79 Å². The summed E-state index contributed by atoms with van der Waals surface area (Å²) >= 11 is 7.60. The minimum Gasteiger partial charge on any atom is -0.310 e. The number of hydrogen-bond acceptors (Lipinski definition) is 5. The van der Waals surface area contributed by atoms with Gasteiger partial charge in [0.1, 0.15) is 5.82 Å². The van der Waals surface area contributed by atoms with Crippen LogP contribution in [0.25, 0.3) is 16.6 Å². The van der Waals surface area contributed by atoms with E-state index in [1.54, 1.807) is 42.6 Å². The van der Waals surface area contributed by atoms with Crippen LogP contribution in [0.5, 0.6) is 0 Å². The zero-order chi connectivity index (χ0) is 22.8. The van der Waals surface area contributed by atoms with Gasteiger partial charge in [0.25, 0.3) is 5.56 Å². The van der Waals surface area contributed by atoms with Gasteiger partial charge in [-0.15, -0.1) is 0 Å². The van der Waals surface area contributed by atoms with Gasteiger partial charge < -0.3 is 5.32 Å². The van der Waals surface area contributed by atoms with Gasteiger partial charge in [-0.2, -0.15) is 5.10 Å². The summed E-state index contributed by atoms with van der Waals surface area (Å²) in [5.74, 6) is 0.598. The number of rotatable bonds is 6. The van der Waals surface area contributed by atoms with Gasteiger partial charge in [-0.1, -0.05) is 60.5 Å².